The minimum absolute atomic E-state index is 0.0748. The Labute approximate surface area is 275 Å². The lowest BCUT2D eigenvalue weighted by Gasteiger charge is -2.28. The number of aliphatic hydroxyl groups excluding tert-OH is 1. The van der Waals surface area contributed by atoms with Gasteiger partial charge in [0.1, 0.15) is 17.8 Å². The van der Waals surface area contributed by atoms with Crippen molar-refractivity contribution in [2.75, 3.05) is 29.2 Å². The van der Waals surface area contributed by atoms with Gasteiger partial charge in [0.15, 0.2) is 22.6 Å². The molecular weight excluding hydrogens is 640 g/mol. The Morgan fingerprint density at radius 1 is 1.21 bits per heavy atom. The van der Waals surface area contributed by atoms with E-state index in [2.05, 4.69) is 15.3 Å². The van der Waals surface area contributed by atoms with E-state index >= 15 is 0 Å². The number of anilines is 2. The lowest BCUT2D eigenvalue weighted by molar-refractivity contribution is -0.383. The molecule has 1 amide bonds. The zero-order valence-electron chi connectivity index (χ0n) is 27.2. The van der Waals surface area contributed by atoms with Crippen molar-refractivity contribution in [2.45, 2.75) is 114 Å². The average Bonchev–Trinajstić information content (AvgIpc) is 3.59. The topological polar surface area (TPSA) is 158 Å². The Hall–Kier alpha value is -3.18. The monoisotopic (exact) mass is 681 g/mol. The summed E-state index contributed by atoms with van der Waals surface area (Å²) in [4.78, 5) is 36.3. The van der Waals surface area contributed by atoms with Crippen LogP contribution >= 0.6 is 11.8 Å². The van der Waals surface area contributed by atoms with Gasteiger partial charge in [-0.3, -0.25) is 15.0 Å². The van der Waals surface area contributed by atoms with Gasteiger partial charge in [-0.2, -0.15) is 9.97 Å². The maximum atomic E-state index is 14.2. The first-order valence-corrected chi connectivity index (χ1v) is 16.6. The molecular formula is C31H41F2N5O8S. The van der Waals surface area contributed by atoms with E-state index in [9.17, 15) is 28.8 Å². The minimum atomic E-state index is -1.04. The quantitative estimate of drug-likeness (QED) is 0.125. The second-order valence-corrected chi connectivity index (χ2v) is 14.3. The zero-order chi connectivity index (χ0) is 34.3. The number of carbonyl (C=O) groups excluding carboxylic acids is 1. The zero-order valence-corrected chi connectivity index (χ0v) is 28.0. The van der Waals surface area contributed by atoms with Crippen LogP contribution in [0.5, 0.6) is 0 Å². The smallest absolute Gasteiger partial charge is 0.416 e. The standard InChI is InChI=1S/C31H41F2N5O8S/c1-7-12-47-28-35-26(34-20-15-22(43-11-10-39)25-24(20)44-31(5,6)45-25)23(38(41)42)27(36-28)37(29(40)46-30(2,3)4)21-14-17(21)16-8-9-18(32)19(33)13-16/h8-9,13,17,20-22,24-25,39H,7,10-12,14-15H2,1-6H3,(H,34,35,36)/t17-,20+,21+,22-,24-,25+/m0/s1. The van der Waals surface area contributed by atoms with Crippen molar-refractivity contribution in [2.24, 2.45) is 0 Å². The molecule has 5 rings (SSSR count). The second-order valence-electron chi connectivity index (χ2n) is 13.3. The summed E-state index contributed by atoms with van der Waals surface area (Å²) < 4.78 is 51.7. The van der Waals surface area contributed by atoms with Gasteiger partial charge < -0.3 is 29.4 Å². The summed E-state index contributed by atoms with van der Waals surface area (Å²) in [6, 6.07) is 2.25. The predicted molar refractivity (Wildman–Crippen MR) is 169 cm³/mol. The molecule has 3 aliphatic rings. The number of nitrogens with zero attached hydrogens (tertiary/aromatic N) is 4. The largest absolute Gasteiger partial charge is 0.443 e. The SMILES string of the molecule is CCCSc1nc(N[C@@H]2C[C@H](OCCO)[C@H]3OC(C)(C)O[C@H]32)c([N+](=O)[O-])c(N(C(=O)OC(C)(C)C)[C@@H]2C[C@H]2c2ccc(F)c(F)c2)n1. The highest BCUT2D eigenvalue weighted by atomic mass is 32.2. The molecule has 47 heavy (non-hydrogen) atoms. The molecule has 1 saturated heterocycles. The molecule has 2 aliphatic carbocycles. The van der Waals surface area contributed by atoms with Crippen molar-refractivity contribution < 1.29 is 42.6 Å². The van der Waals surface area contributed by atoms with E-state index in [0.717, 1.165) is 23.5 Å². The van der Waals surface area contributed by atoms with E-state index in [1.165, 1.54) is 17.8 Å². The number of hydrogen-bond acceptors (Lipinski definition) is 12. The molecule has 0 unspecified atom stereocenters. The molecule has 0 radical (unpaired) electrons. The lowest BCUT2D eigenvalue weighted by Crippen LogP contribution is -2.40. The summed E-state index contributed by atoms with van der Waals surface area (Å²) in [6.07, 6.45) is -1.03. The summed E-state index contributed by atoms with van der Waals surface area (Å²) in [5, 5.41) is 25.6. The number of ether oxygens (including phenoxy) is 4. The van der Waals surface area contributed by atoms with E-state index in [-0.39, 0.29) is 30.0 Å². The predicted octanol–water partition coefficient (Wildman–Crippen LogP) is 5.54. The summed E-state index contributed by atoms with van der Waals surface area (Å²) in [6.45, 7) is 10.4. The number of fused-ring (bicyclic) bond motifs is 1. The third kappa shape index (κ3) is 7.94. The van der Waals surface area contributed by atoms with Crippen LogP contribution in [0.3, 0.4) is 0 Å². The number of halogens is 2. The second kappa shape index (κ2) is 13.7. The van der Waals surface area contributed by atoms with Crippen LogP contribution in [0.1, 0.15) is 72.3 Å². The molecule has 1 aromatic carbocycles. The highest BCUT2D eigenvalue weighted by molar-refractivity contribution is 7.99. The van der Waals surface area contributed by atoms with Gasteiger partial charge in [0.2, 0.25) is 11.6 Å². The van der Waals surface area contributed by atoms with Crippen molar-refractivity contribution >= 4 is 35.2 Å². The van der Waals surface area contributed by atoms with Crippen molar-refractivity contribution in [3.05, 3.63) is 45.5 Å². The Morgan fingerprint density at radius 3 is 2.57 bits per heavy atom. The van der Waals surface area contributed by atoms with Crippen LogP contribution in [0, 0.1) is 21.7 Å². The molecule has 16 heteroatoms. The summed E-state index contributed by atoms with van der Waals surface area (Å²) >= 11 is 1.27. The number of thioether (sulfide) groups is 1. The highest BCUT2D eigenvalue weighted by Gasteiger charge is 2.56. The first-order valence-electron chi connectivity index (χ1n) is 15.6. The van der Waals surface area contributed by atoms with Crippen LogP contribution in [-0.2, 0) is 18.9 Å². The van der Waals surface area contributed by atoms with Gasteiger partial charge in [0.25, 0.3) is 0 Å². The minimum Gasteiger partial charge on any atom is -0.443 e. The molecule has 0 bridgehead atoms. The molecule has 2 aromatic rings. The lowest BCUT2D eigenvalue weighted by atomic mass is 10.1. The summed E-state index contributed by atoms with van der Waals surface area (Å²) in [7, 11) is 0. The number of rotatable bonds is 12. The normalized spacial score (nSPS) is 26.1. The molecule has 13 nitrogen and oxygen atoms in total. The van der Waals surface area contributed by atoms with E-state index in [4.69, 9.17) is 18.9 Å². The third-order valence-electron chi connectivity index (χ3n) is 7.90. The molecule has 2 saturated carbocycles. The van der Waals surface area contributed by atoms with Crippen molar-refractivity contribution in [1.82, 2.24) is 9.97 Å². The maximum Gasteiger partial charge on any atom is 0.416 e. The summed E-state index contributed by atoms with van der Waals surface area (Å²) in [5.74, 6) is -3.25. The number of aliphatic hydroxyl groups is 1. The Kier molecular flexibility index (Phi) is 10.3. The fourth-order valence-electron chi connectivity index (χ4n) is 5.99. The first kappa shape index (κ1) is 35.1. The van der Waals surface area contributed by atoms with E-state index in [1.54, 1.807) is 34.6 Å². The van der Waals surface area contributed by atoms with E-state index in [1.807, 2.05) is 6.92 Å². The third-order valence-corrected chi connectivity index (χ3v) is 8.95. The van der Waals surface area contributed by atoms with Gasteiger partial charge in [0, 0.05) is 17.7 Å². The van der Waals surface area contributed by atoms with Crippen molar-refractivity contribution in [3.8, 4) is 0 Å². The molecule has 1 aromatic heterocycles. The Morgan fingerprint density at radius 2 is 1.94 bits per heavy atom. The van der Waals surface area contributed by atoms with Crippen molar-refractivity contribution in [3.63, 3.8) is 0 Å². The van der Waals surface area contributed by atoms with Crippen molar-refractivity contribution in [1.29, 1.82) is 0 Å². The number of nitro groups is 1. The van der Waals surface area contributed by atoms with E-state index < -0.39 is 76.0 Å². The molecule has 2 N–H and O–H groups in total. The molecule has 0 spiro atoms. The molecule has 258 valence electrons. The molecule has 1 aliphatic heterocycles. The number of benzene rings is 1. The van der Waals surface area contributed by atoms with Crippen LogP contribution in [0.2, 0.25) is 0 Å². The van der Waals surface area contributed by atoms with Gasteiger partial charge in [-0.15, -0.1) is 0 Å². The average molecular weight is 682 g/mol. The number of carbonyl (C=O) groups is 1. The molecule has 3 fully saturated rings. The number of nitrogens with one attached hydrogen (secondary N) is 1. The number of hydrogen-bond donors (Lipinski definition) is 2. The Balaban J connectivity index is 1.58. The Bertz CT molecular complexity index is 1490. The van der Waals surface area contributed by atoms with Crippen LogP contribution in [0.25, 0.3) is 0 Å². The molecule has 2 heterocycles. The van der Waals surface area contributed by atoms with Crippen LogP contribution in [0.15, 0.2) is 23.4 Å². The van der Waals surface area contributed by atoms with Gasteiger partial charge >= 0.3 is 11.8 Å². The van der Waals surface area contributed by atoms with Gasteiger partial charge in [0.05, 0.1) is 30.3 Å². The van der Waals surface area contributed by atoms with Crippen LogP contribution in [0.4, 0.5) is 30.9 Å². The maximum absolute atomic E-state index is 14.2. The summed E-state index contributed by atoms with van der Waals surface area (Å²) in [5.41, 5.74) is -1.08. The fraction of sp³-hybridized carbons (Fsp3) is 0.645. The van der Waals surface area contributed by atoms with Gasteiger partial charge in [-0.25, -0.2) is 13.6 Å². The van der Waals surface area contributed by atoms with Gasteiger partial charge in [-0.05, 0) is 71.6 Å². The highest BCUT2D eigenvalue weighted by Crippen LogP contribution is 2.50. The fourth-order valence-corrected chi connectivity index (χ4v) is 6.69. The van der Waals surface area contributed by atoms with Crippen LogP contribution < -0.4 is 10.2 Å². The molecule has 6 atom stereocenters. The van der Waals surface area contributed by atoms with Gasteiger partial charge in [-0.1, -0.05) is 24.8 Å². The first-order chi connectivity index (χ1) is 22.1. The number of aromatic nitrogens is 2. The number of amides is 1. The van der Waals surface area contributed by atoms with E-state index in [0.29, 0.717) is 24.2 Å². The van der Waals surface area contributed by atoms with Crippen LogP contribution in [-0.4, -0.2) is 86.8 Å².